The molecule has 1 aromatic heterocycles. The summed E-state index contributed by atoms with van der Waals surface area (Å²) in [5.41, 5.74) is 2.04. The molecular weight excluding hydrogens is 323 g/mol. The summed E-state index contributed by atoms with van der Waals surface area (Å²) in [4.78, 5) is 6.41. The highest BCUT2D eigenvalue weighted by Gasteiger charge is 2.21. The molecule has 3 rings (SSSR count). The van der Waals surface area contributed by atoms with E-state index in [1.165, 1.54) is 10.4 Å². The van der Waals surface area contributed by atoms with Crippen LogP contribution in [0.4, 0.5) is 0 Å². The van der Waals surface area contributed by atoms with Gasteiger partial charge < -0.3 is 5.32 Å². The van der Waals surface area contributed by atoms with Gasteiger partial charge in [0.2, 0.25) is 0 Å². The predicted molar refractivity (Wildman–Crippen MR) is 93.5 cm³/mol. The molecule has 0 spiro atoms. The number of alkyl halides is 1. The molecule has 0 radical (unpaired) electrons. The average Bonchev–Trinajstić information content (AvgIpc) is 2.68. The normalized spacial score (nSPS) is 23.0. The number of thiophene rings is 1. The van der Waals surface area contributed by atoms with E-state index in [-0.39, 0.29) is 11.4 Å². The highest BCUT2D eigenvalue weighted by Crippen LogP contribution is 2.39. The fourth-order valence-corrected chi connectivity index (χ4v) is 4.09. The Hall–Kier alpha value is -1.21. The Morgan fingerprint density at radius 3 is 3.14 bits per heavy atom. The zero-order chi connectivity index (χ0) is 14.8. The quantitative estimate of drug-likeness (QED) is 0.619. The van der Waals surface area contributed by atoms with E-state index in [1.807, 2.05) is 12.2 Å². The first-order valence-corrected chi connectivity index (χ1v) is 8.46. The third-order valence-corrected chi connectivity index (χ3v) is 5.49. The van der Waals surface area contributed by atoms with Gasteiger partial charge in [-0.1, -0.05) is 35.2 Å². The number of rotatable bonds is 3. The largest absolute Gasteiger partial charge is 0.362 e. The maximum absolute atomic E-state index is 6.50. The smallest absolute Gasteiger partial charge is 0.302 e. The summed E-state index contributed by atoms with van der Waals surface area (Å²) < 4.78 is 0. The molecule has 2 atom stereocenters. The van der Waals surface area contributed by atoms with Crippen LogP contribution in [0.15, 0.2) is 24.8 Å². The van der Waals surface area contributed by atoms with Crippen LogP contribution in [0.3, 0.4) is 0 Å². The molecule has 1 unspecified atom stereocenters. The summed E-state index contributed by atoms with van der Waals surface area (Å²) in [5.74, 6) is 0. The van der Waals surface area contributed by atoms with Crippen molar-refractivity contribution in [3.8, 4) is 6.07 Å². The number of hydrogen-bond acceptors (Lipinski definition) is 2. The van der Waals surface area contributed by atoms with Gasteiger partial charge in [-0.2, -0.15) is 0 Å². The lowest BCUT2D eigenvalue weighted by Crippen LogP contribution is -2.23. The molecule has 1 aromatic rings. The summed E-state index contributed by atoms with van der Waals surface area (Å²) in [5, 5.41) is 4.05. The summed E-state index contributed by atoms with van der Waals surface area (Å²) in [6.07, 6.45) is 10.3. The van der Waals surface area contributed by atoms with E-state index < -0.39 is 0 Å². The Balaban J connectivity index is 1.80. The third kappa shape index (κ3) is 3.18. The Kier molecular flexibility index (Phi) is 4.40. The lowest BCUT2D eigenvalue weighted by atomic mass is 10.0. The molecule has 5 heteroatoms. The third-order valence-electron chi connectivity index (χ3n) is 3.42. The fourth-order valence-electron chi connectivity index (χ4n) is 2.35. The van der Waals surface area contributed by atoms with E-state index in [0.29, 0.717) is 6.54 Å². The highest BCUT2D eigenvalue weighted by atomic mass is 35.5. The summed E-state index contributed by atoms with van der Waals surface area (Å²) >= 11 is 14.2. The molecule has 2 aliphatic rings. The van der Waals surface area contributed by atoms with Crippen molar-refractivity contribution < 1.29 is 0 Å². The van der Waals surface area contributed by atoms with Gasteiger partial charge in [0, 0.05) is 10.6 Å². The van der Waals surface area contributed by atoms with Crippen molar-refractivity contribution >= 4 is 46.3 Å². The van der Waals surface area contributed by atoms with Crippen molar-refractivity contribution in [2.45, 2.75) is 24.3 Å². The predicted octanol–water partition coefficient (Wildman–Crippen LogP) is 4.80. The summed E-state index contributed by atoms with van der Waals surface area (Å²) in [7, 11) is 0. The molecule has 0 saturated heterocycles. The van der Waals surface area contributed by atoms with Crippen LogP contribution >= 0.6 is 34.5 Å². The fraction of sp³-hybridized carbons (Fsp3) is 0.312. The number of fused-ring (bicyclic) bond motifs is 1. The molecule has 0 fully saturated rings. The van der Waals surface area contributed by atoms with Gasteiger partial charge in [-0.05, 0) is 30.6 Å². The van der Waals surface area contributed by atoms with E-state index in [9.17, 15) is 0 Å². The van der Waals surface area contributed by atoms with E-state index >= 15 is 0 Å². The van der Waals surface area contributed by atoms with Gasteiger partial charge in [-0.15, -0.1) is 22.9 Å². The molecule has 2 heterocycles. The van der Waals surface area contributed by atoms with Gasteiger partial charge in [-0.3, -0.25) is 0 Å². The second-order valence-electron chi connectivity index (χ2n) is 5.00. The van der Waals surface area contributed by atoms with Gasteiger partial charge in [0.15, 0.2) is 6.04 Å². The van der Waals surface area contributed by atoms with Crippen molar-refractivity contribution in [1.29, 1.82) is 0 Å². The first kappa shape index (κ1) is 14.7. The maximum Gasteiger partial charge on any atom is 0.302 e. The van der Waals surface area contributed by atoms with Gasteiger partial charge in [0.25, 0.3) is 6.54 Å². The molecule has 0 bridgehead atoms. The van der Waals surface area contributed by atoms with Crippen LogP contribution in [0, 0.1) is 6.07 Å². The van der Waals surface area contributed by atoms with Crippen LogP contribution in [-0.4, -0.2) is 18.0 Å². The van der Waals surface area contributed by atoms with E-state index in [2.05, 4.69) is 35.0 Å². The molecular formula is C16H15Cl2N2S+. The standard InChI is InChI=1S/C16H15Cl2N2S/c1-10(20-12-7-6-11(17)8-19-9-12)16-15(18)13-4-2-3-5-14(13)21-16/h3,5-7,11-12,20H,1-2,4,8H2/q+1/t11?,12-/m0/s1. The van der Waals surface area contributed by atoms with Crippen LogP contribution in [-0.2, 0) is 6.42 Å². The number of nitrogens with zero attached hydrogens (tertiary/aromatic N) is 1. The van der Waals surface area contributed by atoms with Crippen LogP contribution < -0.4 is 5.32 Å². The topological polar surface area (TPSA) is 16.4 Å². The highest BCUT2D eigenvalue weighted by molar-refractivity contribution is 7.14. The van der Waals surface area contributed by atoms with Crippen LogP contribution in [0.25, 0.3) is 16.6 Å². The molecule has 1 aliphatic heterocycles. The van der Waals surface area contributed by atoms with E-state index in [0.717, 1.165) is 28.4 Å². The van der Waals surface area contributed by atoms with Crippen molar-refractivity contribution in [3.63, 3.8) is 0 Å². The van der Waals surface area contributed by atoms with Crippen LogP contribution in [0.1, 0.15) is 21.7 Å². The molecule has 0 amide bonds. The first-order chi connectivity index (χ1) is 10.1. The monoisotopic (exact) mass is 337 g/mol. The molecule has 1 aliphatic carbocycles. The molecule has 0 saturated carbocycles. The molecule has 21 heavy (non-hydrogen) atoms. The summed E-state index contributed by atoms with van der Waals surface area (Å²) in [6.45, 7) is 4.67. The molecule has 0 aromatic carbocycles. The van der Waals surface area contributed by atoms with Gasteiger partial charge in [-0.25, -0.2) is 0 Å². The van der Waals surface area contributed by atoms with Gasteiger partial charge in [0.1, 0.15) is 5.38 Å². The van der Waals surface area contributed by atoms with Crippen molar-refractivity contribution in [3.05, 3.63) is 50.0 Å². The summed E-state index contributed by atoms with van der Waals surface area (Å²) in [6, 6.07) is 2.90. The van der Waals surface area contributed by atoms with Crippen molar-refractivity contribution in [2.75, 3.05) is 6.54 Å². The number of allylic oxidation sites excluding steroid dienone is 1. The molecule has 2 nitrogen and oxygen atoms in total. The Labute approximate surface area is 138 Å². The minimum Gasteiger partial charge on any atom is -0.362 e. The van der Waals surface area contributed by atoms with Crippen LogP contribution in [0.2, 0.25) is 5.02 Å². The lowest BCUT2D eigenvalue weighted by Gasteiger charge is -2.09. The number of nitrogens with one attached hydrogen (secondary N) is 1. The maximum atomic E-state index is 6.50. The van der Waals surface area contributed by atoms with E-state index in [4.69, 9.17) is 23.2 Å². The minimum absolute atomic E-state index is 0.0691. The minimum atomic E-state index is -0.119. The molecule has 108 valence electrons. The number of halogens is 2. The Morgan fingerprint density at radius 2 is 2.33 bits per heavy atom. The zero-order valence-corrected chi connectivity index (χ0v) is 13.7. The molecule has 1 N–H and O–H groups in total. The van der Waals surface area contributed by atoms with Crippen molar-refractivity contribution in [2.24, 2.45) is 0 Å². The Morgan fingerprint density at radius 1 is 1.48 bits per heavy atom. The van der Waals surface area contributed by atoms with Crippen LogP contribution in [0.5, 0.6) is 0 Å². The van der Waals surface area contributed by atoms with Gasteiger partial charge >= 0.3 is 6.07 Å². The van der Waals surface area contributed by atoms with Crippen molar-refractivity contribution in [1.82, 2.24) is 5.32 Å². The Bertz CT molecular complexity index is 691. The second kappa shape index (κ2) is 6.27. The first-order valence-electron chi connectivity index (χ1n) is 6.83. The van der Waals surface area contributed by atoms with Gasteiger partial charge in [0.05, 0.1) is 9.90 Å². The second-order valence-corrected chi connectivity index (χ2v) is 6.99. The number of hydrogen-bond donors (Lipinski definition) is 1. The van der Waals surface area contributed by atoms with E-state index in [1.54, 1.807) is 11.3 Å². The zero-order valence-electron chi connectivity index (χ0n) is 11.4. The lowest BCUT2D eigenvalue weighted by molar-refractivity contribution is 0.885. The SMILES string of the molecule is C=C(N[C@@H]1C#[N+]CC(Cl)C=C1)c1sc2c(c1Cl)CCC=C2. The average molecular weight is 338 g/mol.